The average Bonchev–Trinajstić information content (AvgIpc) is 3.01. The lowest BCUT2D eigenvalue weighted by molar-refractivity contribution is 0.0384. The molecular weight excluding hydrogens is 362 g/mol. The molecule has 0 amide bonds. The second-order valence-corrected chi connectivity index (χ2v) is 7.14. The van der Waals surface area contributed by atoms with Crippen molar-refractivity contribution in [3.63, 3.8) is 0 Å². The highest BCUT2D eigenvalue weighted by molar-refractivity contribution is 6.31. The van der Waals surface area contributed by atoms with Gasteiger partial charge in [0.05, 0.1) is 24.5 Å². The van der Waals surface area contributed by atoms with Gasteiger partial charge in [-0.1, -0.05) is 23.7 Å². The van der Waals surface area contributed by atoms with E-state index in [1.54, 1.807) is 12.3 Å². The number of morpholine rings is 1. The Balaban J connectivity index is 1.44. The molecule has 1 aliphatic rings. The summed E-state index contributed by atoms with van der Waals surface area (Å²) >= 11 is 6.07. The molecule has 0 spiro atoms. The first-order chi connectivity index (χ1) is 13.2. The largest absolute Gasteiger partial charge is 0.494 e. The maximum atomic E-state index is 10.1. The molecule has 1 saturated heterocycles. The number of H-pyrrole nitrogens is 1. The number of halogens is 1. The van der Waals surface area contributed by atoms with Crippen molar-refractivity contribution in [1.29, 1.82) is 0 Å². The van der Waals surface area contributed by atoms with E-state index in [4.69, 9.17) is 16.3 Å². The molecule has 5 nitrogen and oxygen atoms in total. The molecule has 3 aromatic rings. The van der Waals surface area contributed by atoms with Gasteiger partial charge >= 0.3 is 0 Å². The van der Waals surface area contributed by atoms with Crippen molar-refractivity contribution >= 4 is 34.4 Å². The quantitative estimate of drug-likeness (QED) is 0.650. The van der Waals surface area contributed by atoms with Gasteiger partial charge in [-0.25, -0.2) is 0 Å². The SMILES string of the molecule is Oc1[nH]c2ccc(Cl)cc2c1C=Nc1ccc(CCN2CCOCC2)cc1. The third-order valence-electron chi connectivity index (χ3n) is 4.88. The summed E-state index contributed by atoms with van der Waals surface area (Å²) in [6.45, 7) is 4.75. The van der Waals surface area contributed by atoms with Crippen molar-refractivity contribution in [3.8, 4) is 5.88 Å². The van der Waals surface area contributed by atoms with Crippen LogP contribution in [0.5, 0.6) is 5.88 Å². The van der Waals surface area contributed by atoms with Crippen LogP contribution in [0, 0.1) is 0 Å². The van der Waals surface area contributed by atoms with Gasteiger partial charge in [-0.15, -0.1) is 0 Å². The first-order valence-corrected chi connectivity index (χ1v) is 9.50. The Morgan fingerprint density at radius 1 is 1.15 bits per heavy atom. The number of benzene rings is 2. The molecule has 2 N–H and O–H groups in total. The van der Waals surface area contributed by atoms with Gasteiger partial charge in [0.25, 0.3) is 0 Å². The third kappa shape index (κ3) is 4.33. The second-order valence-electron chi connectivity index (χ2n) is 6.71. The Hall–Kier alpha value is -2.34. The van der Waals surface area contributed by atoms with Crippen molar-refractivity contribution in [2.75, 3.05) is 32.8 Å². The normalized spacial score (nSPS) is 15.7. The zero-order valence-corrected chi connectivity index (χ0v) is 15.7. The Bertz CT molecular complexity index is 944. The number of aromatic hydroxyl groups is 1. The van der Waals surface area contributed by atoms with Crippen LogP contribution < -0.4 is 0 Å². The minimum absolute atomic E-state index is 0.0955. The summed E-state index contributed by atoms with van der Waals surface area (Å²) in [5.74, 6) is 0.0955. The summed E-state index contributed by atoms with van der Waals surface area (Å²) in [4.78, 5) is 9.88. The number of ether oxygens (including phenoxy) is 1. The molecule has 0 atom stereocenters. The highest BCUT2D eigenvalue weighted by Crippen LogP contribution is 2.28. The molecule has 0 aliphatic carbocycles. The molecule has 0 radical (unpaired) electrons. The monoisotopic (exact) mass is 383 g/mol. The number of rotatable bonds is 5. The molecule has 0 unspecified atom stereocenters. The number of nitrogens with one attached hydrogen (secondary N) is 1. The van der Waals surface area contributed by atoms with Crippen LogP contribution in [0.15, 0.2) is 47.5 Å². The summed E-state index contributed by atoms with van der Waals surface area (Å²) in [5.41, 5.74) is 3.61. The predicted octanol–water partition coefficient (Wildman–Crippen LogP) is 4.15. The minimum Gasteiger partial charge on any atom is -0.494 e. The van der Waals surface area contributed by atoms with Crippen LogP contribution in [0.1, 0.15) is 11.1 Å². The Morgan fingerprint density at radius 2 is 1.93 bits per heavy atom. The average molecular weight is 384 g/mol. The molecule has 0 bridgehead atoms. The Morgan fingerprint density at radius 3 is 2.70 bits per heavy atom. The fourth-order valence-corrected chi connectivity index (χ4v) is 3.47. The molecule has 1 fully saturated rings. The molecule has 1 aliphatic heterocycles. The fourth-order valence-electron chi connectivity index (χ4n) is 3.30. The lowest BCUT2D eigenvalue weighted by Gasteiger charge is -2.26. The number of nitrogens with zero attached hydrogens (tertiary/aromatic N) is 2. The summed E-state index contributed by atoms with van der Waals surface area (Å²) in [7, 11) is 0. The topological polar surface area (TPSA) is 60.8 Å². The lowest BCUT2D eigenvalue weighted by atomic mass is 10.1. The number of aromatic nitrogens is 1. The van der Waals surface area contributed by atoms with Crippen molar-refractivity contribution in [1.82, 2.24) is 9.88 Å². The van der Waals surface area contributed by atoms with E-state index >= 15 is 0 Å². The highest BCUT2D eigenvalue weighted by atomic mass is 35.5. The minimum atomic E-state index is 0.0955. The third-order valence-corrected chi connectivity index (χ3v) is 5.11. The van der Waals surface area contributed by atoms with Gasteiger partial charge in [-0.2, -0.15) is 0 Å². The summed E-state index contributed by atoms with van der Waals surface area (Å²) in [6.07, 6.45) is 2.69. The van der Waals surface area contributed by atoms with Crippen LogP contribution in [-0.4, -0.2) is 54.1 Å². The highest BCUT2D eigenvalue weighted by Gasteiger charge is 2.10. The molecule has 2 heterocycles. The lowest BCUT2D eigenvalue weighted by Crippen LogP contribution is -2.37. The van der Waals surface area contributed by atoms with Crippen molar-refractivity contribution in [2.24, 2.45) is 4.99 Å². The predicted molar refractivity (Wildman–Crippen MR) is 110 cm³/mol. The summed E-state index contributed by atoms with van der Waals surface area (Å²) in [6, 6.07) is 13.7. The molecule has 140 valence electrons. The first kappa shape index (κ1) is 18.0. The number of hydrogen-bond acceptors (Lipinski definition) is 4. The Kier molecular flexibility index (Phi) is 5.43. The smallest absolute Gasteiger partial charge is 0.198 e. The zero-order valence-electron chi connectivity index (χ0n) is 15.0. The Labute approximate surface area is 163 Å². The van der Waals surface area contributed by atoms with E-state index in [1.165, 1.54) is 5.56 Å². The van der Waals surface area contributed by atoms with E-state index in [0.29, 0.717) is 10.6 Å². The van der Waals surface area contributed by atoms with E-state index < -0.39 is 0 Å². The van der Waals surface area contributed by atoms with Gasteiger partial charge in [-0.3, -0.25) is 9.89 Å². The van der Waals surface area contributed by atoms with Crippen LogP contribution in [0.25, 0.3) is 10.9 Å². The standard InChI is InChI=1S/C21H22ClN3O2/c22-16-3-6-20-18(13-16)19(21(26)24-20)14-23-17-4-1-15(2-5-17)7-8-25-9-11-27-12-10-25/h1-6,13-14,24,26H,7-12H2. The van der Waals surface area contributed by atoms with Gasteiger partial charge in [0.1, 0.15) is 0 Å². The number of aliphatic imine (C=N–C) groups is 1. The van der Waals surface area contributed by atoms with Gasteiger partial charge in [-0.05, 0) is 42.3 Å². The van der Waals surface area contributed by atoms with E-state index in [1.807, 2.05) is 24.3 Å². The van der Waals surface area contributed by atoms with Gasteiger partial charge < -0.3 is 14.8 Å². The van der Waals surface area contributed by atoms with Gasteiger partial charge in [0.2, 0.25) is 0 Å². The van der Waals surface area contributed by atoms with Gasteiger partial charge in [0.15, 0.2) is 5.88 Å². The van der Waals surface area contributed by atoms with Gasteiger partial charge in [0, 0.05) is 41.8 Å². The van der Waals surface area contributed by atoms with E-state index in [-0.39, 0.29) is 5.88 Å². The number of aromatic amines is 1. The van der Waals surface area contributed by atoms with Crippen LogP contribution >= 0.6 is 11.6 Å². The van der Waals surface area contributed by atoms with Crippen molar-refractivity contribution < 1.29 is 9.84 Å². The summed E-state index contributed by atoms with van der Waals surface area (Å²) < 4.78 is 5.38. The van der Waals surface area contributed by atoms with Crippen LogP contribution in [0.2, 0.25) is 5.02 Å². The first-order valence-electron chi connectivity index (χ1n) is 9.12. The molecule has 1 aromatic heterocycles. The van der Waals surface area contributed by atoms with Crippen LogP contribution in [-0.2, 0) is 11.2 Å². The maximum Gasteiger partial charge on any atom is 0.198 e. The van der Waals surface area contributed by atoms with Crippen molar-refractivity contribution in [3.05, 3.63) is 58.6 Å². The van der Waals surface area contributed by atoms with Crippen molar-refractivity contribution in [2.45, 2.75) is 6.42 Å². The molecule has 2 aromatic carbocycles. The van der Waals surface area contributed by atoms with Crippen LogP contribution in [0.3, 0.4) is 0 Å². The van der Waals surface area contributed by atoms with Crippen LogP contribution in [0.4, 0.5) is 5.69 Å². The van der Waals surface area contributed by atoms with E-state index in [2.05, 4.69) is 27.0 Å². The second kappa shape index (κ2) is 8.13. The molecule has 0 saturated carbocycles. The number of hydrogen-bond donors (Lipinski definition) is 2. The molecule has 6 heteroatoms. The van der Waals surface area contributed by atoms with E-state index in [9.17, 15) is 5.11 Å². The maximum absolute atomic E-state index is 10.1. The zero-order chi connectivity index (χ0) is 18.6. The molecule has 4 rings (SSSR count). The molecule has 27 heavy (non-hydrogen) atoms. The fraction of sp³-hybridized carbons (Fsp3) is 0.286. The summed E-state index contributed by atoms with van der Waals surface area (Å²) in [5, 5.41) is 11.6. The van der Waals surface area contributed by atoms with E-state index in [0.717, 1.165) is 55.9 Å². The number of fused-ring (bicyclic) bond motifs is 1. The molecular formula is C21H22ClN3O2.